The molecule has 4 heteroatoms. The largest absolute Gasteiger partial charge is 0.208 e. The van der Waals surface area contributed by atoms with Crippen LogP contribution in [0.15, 0.2) is 140 Å². The highest BCUT2D eigenvalue weighted by Crippen LogP contribution is 2.53. The molecule has 2 heterocycles. The van der Waals surface area contributed by atoms with Crippen LogP contribution in [0.3, 0.4) is 0 Å². The maximum atomic E-state index is 5.11. The first kappa shape index (κ1) is 26.9. The molecule has 0 aliphatic heterocycles. The first-order valence-corrected chi connectivity index (χ1v) is 16.4. The molecule has 0 spiro atoms. The van der Waals surface area contributed by atoms with Crippen LogP contribution in [0.4, 0.5) is 0 Å². The van der Waals surface area contributed by atoms with Gasteiger partial charge in [-0.15, -0.1) is 11.3 Å². The van der Waals surface area contributed by atoms with Crippen molar-refractivity contribution < 1.29 is 0 Å². The molecule has 0 saturated carbocycles. The maximum absolute atomic E-state index is 5.11. The zero-order valence-electron chi connectivity index (χ0n) is 25.5. The van der Waals surface area contributed by atoms with E-state index in [1.165, 1.54) is 53.6 Å². The van der Waals surface area contributed by atoms with Crippen LogP contribution < -0.4 is 0 Å². The van der Waals surface area contributed by atoms with Gasteiger partial charge in [-0.25, -0.2) is 15.0 Å². The van der Waals surface area contributed by atoms with Gasteiger partial charge in [0, 0.05) is 42.3 Å². The standard InChI is InChI=1S/C42H29N3S/c1-42(2)33-21-11-9-18-30(33)37-29(20-13-22-34(37)42)32-24-28(25-36-38(32)31-19-10-12-23-35(31)46-36)41-44-39(26-14-5-3-6-15-26)43-40(45-41)27-16-7-4-8-17-27/h3-25H,1-2H3. The number of rotatable bonds is 4. The predicted molar refractivity (Wildman–Crippen MR) is 192 cm³/mol. The average Bonchev–Trinajstić information content (AvgIpc) is 3.61. The van der Waals surface area contributed by atoms with E-state index in [1.54, 1.807) is 0 Å². The van der Waals surface area contributed by atoms with Crippen LogP contribution in [-0.2, 0) is 5.41 Å². The highest BCUT2D eigenvalue weighted by Gasteiger charge is 2.37. The number of nitrogens with zero attached hydrogens (tertiary/aromatic N) is 3. The fourth-order valence-electron chi connectivity index (χ4n) is 7.11. The molecule has 9 rings (SSSR count). The van der Waals surface area contributed by atoms with Crippen LogP contribution >= 0.6 is 11.3 Å². The van der Waals surface area contributed by atoms with Gasteiger partial charge in [-0.3, -0.25) is 0 Å². The van der Waals surface area contributed by atoms with Gasteiger partial charge >= 0.3 is 0 Å². The minimum atomic E-state index is -0.0846. The molecule has 0 N–H and O–H groups in total. The smallest absolute Gasteiger partial charge is 0.164 e. The molecule has 0 saturated heterocycles. The van der Waals surface area contributed by atoms with E-state index in [1.807, 2.05) is 47.7 Å². The molecule has 2 aromatic heterocycles. The summed E-state index contributed by atoms with van der Waals surface area (Å²) in [6.45, 7) is 4.68. The van der Waals surface area contributed by atoms with E-state index in [-0.39, 0.29) is 5.41 Å². The van der Waals surface area contributed by atoms with E-state index >= 15 is 0 Å². The molecule has 0 unspecified atom stereocenters. The second kappa shape index (κ2) is 10.3. The molecule has 0 amide bonds. The molecule has 3 nitrogen and oxygen atoms in total. The predicted octanol–water partition coefficient (Wildman–Crippen LogP) is 11.2. The summed E-state index contributed by atoms with van der Waals surface area (Å²) in [5.74, 6) is 2.00. The number of aromatic nitrogens is 3. The Morgan fingerprint density at radius 3 is 1.74 bits per heavy atom. The van der Waals surface area contributed by atoms with Gasteiger partial charge in [0.05, 0.1) is 0 Å². The molecule has 1 aliphatic rings. The summed E-state index contributed by atoms with van der Waals surface area (Å²) >= 11 is 1.83. The third-order valence-corrected chi connectivity index (χ3v) is 10.5. The Hall–Kier alpha value is -5.45. The highest BCUT2D eigenvalue weighted by atomic mass is 32.1. The number of fused-ring (bicyclic) bond motifs is 6. The van der Waals surface area contributed by atoms with E-state index < -0.39 is 0 Å². The van der Waals surface area contributed by atoms with Crippen LogP contribution in [0.5, 0.6) is 0 Å². The van der Waals surface area contributed by atoms with Gasteiger partial charge in [0.15, 0.2) is 17.5 Å². The Balaban J connectivity index is 1.36. The topological polar surface area (TPSA) is 38.7 Å². The highest BCUT2D eigenvalue weighted by molar-refractivity contribution is 7.26. The minimum absolute atomic E-state index is 0.0846. The average molecular weight is 608 g/mol. The molecule has 1 aliphatic carbocycles. The third-order valence-electron chi connectivity index (χ3n) is 9.33. The summed E-state index contributed by atoms with van der Waals surface area (Å²) in [5.41, 5.74) is 10.6. The van der Waals surface area contributed by atoms with Gasteiger partial charge in [0.2, 0.25) is 0 Å². The first-order chi connectivity index (χ1) is 22.6. The van der Waals surface area contributed by atoms with Crippen molar-refractivity contribution in [1.29, 1.82) is 0 Å². The van der Waals surface area contributed by atoms with E-state index in [4.69, 9.17) is 15.0 Å². The number of hydrogen-bond acceptors (Lipinski definition) is 4. The second-order valence-electron chi connectivity index (χ2n) is 12.4. The quantitative estimate of drug-likeness (QED) is 0.200. The Morgan fingerprint density at radius 1 is 0.457 bits per heavy atom. The molecule has 8 aromatic rings. The van der Waals surface area contributed by atoms with Crippen molar-refractivity contribution in [2.45, 2.75) is 19.3 Å². The molecular formula is C42H29N3S. The number of benzene rings is 6. The Morgan fingerprint density at radius 2 is 1.02 bits per heavy atom. The molecule has 0 fully saturated rings. The first-order valence-electron chi connectivity index (χ1n) is 15.6. The lowest BCUT2D eigenvalue weighted by Crippen LogP contribution is -2.14. The zero-order valence-corrected chi connectivity index (χ0v) is 26.3. The van der Waals surface area contributed by atoms with Gasteiger partial charge in [-0.05, 0) is 51.6 Å². The van der Waals surface area contributed by atoms with Gasteiger partial charge in [0.1, 0.15) is 0 Å². The fraction of sp³-hybridized carbons (Fsp3) is 0.0714. The normalized spacial score (nSPS) is 13.2. The zero-order chi connectivity index (χ0) is 30.8. The number of hydrogen-bond donors (Lipinski definition) is 0. The molecule has 0 atom stereocenters. The summed E-state index contributed by atoms with van der Waals surface area (Å²) in [6, 6.07) is 49.4. The lowest BCUT2D eigenvalue weighted by Gasteiger charge is -2.21. The van der Waals surface area contributed by atoms with Crippen LogP contribution in [0.25, 0.3) is 76.6 Å². The van der Waals surface area contributed by atoms with E-state index in [2.05, 4.69) is 117 Å². The summed E-state index contributed by atoms with van der Waals surface area (Å²) < 4.78 is 2.49. The third kappa shape index (κ3) is 4.14. The molecule has 6 aromatic carbocycles. The SMILES string of the molecule is CC1(C)c2ccccc2-c2c(-c3cc(-c4nc(-c5ccccc5)nc(-c5ccccc5)n4)cc4sc5ccccc5c34)cccc21. The molecule has 218 valence electrons. The lowest BCUT2D eigenvalue weighted by molar-refractivity contribution is 0.660. The van der Waals surface area contributed by atoms with Gasteiger partial charge in [-0.2, -0.15) is 0 Å². The van der Waals surface area contributed by atoms with Crippen LogP contribution in [0.1, 0.15) is 25.0 Å². The van der Waals surface area contributed by atoms with Crippen molar-refractivity contribution in [2.24, 2.45) is 0 Å². The van der Waals surface area contributed by atoms with Crippen molar-refractivity contribution in [1.82, 2.24) is 15.0 Å². The van der Waals surface area contributed by atoms with Gasteiger partial charge in [0.25, 0.3) is 0 Å². The van der Waals surface area contributed by atoms with E-state index in [0.29, 0.717) is 17.5 Å². The van der Waals surface area contributed by atoms with Crippen molar-refractivity contribution in [3.63, 3.8) is 0 Å². The Bertz CT molecular complexity index is 2380. The van der Waals surface area contributed by atoms with Crippen LogP contribution in [0, 0.1) is 0 Å². The summed E-state index contributed by atoms with van der Waals surface area (Å²) in [6.07, 6.45) is 0. The minimum Gasteiger partial charge on any atom is -0.208 e. The molecule has 0 bridgehead atoms. The molecular weight excluding hydrogens is 579 g/mol. The van der Waals surface area contributed by atoms with E-state index in [0.717, 1.165) is 16.7 Å². The second-order valence-corrected chi connectivity index (χ2v) is 13.5. The van der Waals surface area contributed by atoms with Gasteiger partial charge in [-0.1, -0.05) is 135 Å². The molecule has 46 heavy (non-hydrogen) atoms. The summed E-state index contributed by atoms with van der Waals surface area (Å²) in [5, 5.41) is 2.55. The van der Waals surface area contributed by atoms with Crippen molar-refractivity contribution >= 4 is 31.5 Å². The summed E-state index contributed by atoms with van der Waals surface area (Å²) in [7, 11) is 0. The van der Waals surface area contributed by atoms with Crippen molar-refractivity contribution in [3.05, 3.63) is 151 Å². The Labute approximate surface area is 271 Å². The number of thiophene rings is 1. The monoisotopic (exact) mass is 607 g/mol. The fourth-order valence-corrected chi connectivity index (χ4v) is 8.28. The van der Waals surface area contributed by atoms with Crippen molar-refractivity contribution in [3.8, 4) is 56.4 Å². The maximum Gasteiger partial charge on any atom is 0.164 e. The van der Waals surface area contributed by atoms with Gasteiger partial charge < -0.3 is 0 Å². The van der Waals surface area contributed by atoms with Crippen LogP contribution in [-0.4, -0.2) is 15.0 Å². The lowest BCUT2D eigenvalue weighted by atomic mass is 9.82. The van der Waals surface area contributed by atoms with Crippen LogP contribution in [0.2, 0.25) is 0 Å². The Kier molecular flexibility index (Phi) is 6.02. The molecule has 0 radical (unpaired) electrons. The van der Waals surface area contributed by atoms with E-state index in [9.17, 15) is 0 Å². The van der Waals surface area contributed by atoms with Crippen molar-refractivity contribution in [2.75, 3.05) is 0 Å². The summed E-state index contributed by atoms with van der Waals surface area (Å²) in [4.78, 5) is 15.2.